The Morgan fingerprint density at radius 3 is 2.57 bits per heavy atom. The van der Waals surface area contributed by atoms with Gasteiger partial charge in [0.2, 0.25) is 5.92 Å². The second-order valence-corrected chi connectivity index (χ2v) is 3.92. The van der Waals surface area contributed by atoms with E-state index in [2.05, 4.69) is 0 Å². The van der Waals surface area contributed by atoms with Crippen molar-refractivity contribution in [1.82, 2.24) is 0 Å². The number of nitrogen functional groups attached to an aromatic ring is 1. The van der Waals surface area contributed by atoms with Gasteiger partial charge in [0.15, 0.2) is 0 Å². The lowest BCUT2D eigenvalue weighted by molar-refractivity contribution is 0.00779. The molecule has 0 saturated heterocycles. The molecule has 0 amide bonds. The second kappa shape index (κ2) is 3.23. The Balaban J connectivity index is 2.22. The van der Waals surface area contributed by atoms with Crippen LogP contribution in [0.4, 0.5) is 14.5 Å². The van der Waals surface area contributed by atoms with Crippen molar-refractivity contribution in [2.45, 2.75) is 31.1 Å². The minimum absolute atomic E-state index is 0.00794. The zero-order valence-electron chi connectivity index (χ0n) is 7.84. The summed E-state index contributed by atoms with van der Waals surface area (Å²) in [5, 5.41) is 0. The molecule has 0 spiro atoms. The van der Waals surface area contributed by atoms with Crippen LogP contribution < -0.4 is 5.73 Å². The van der Waals surface area contributed by atoms with Crippen LogP contribution in [0, 0.1) is 0 Å². The van der Waals surface area contributed by atoms with E-state index in [9.17, 15) is 8.78 Å². The largest absolute Gasteiger partial charge is 0.398 e. The number of hydrogen-bond acceptors (Lipinski definition) is 1. The molecule has 0 aromatic heterocycles. The normalized spacial score (nSPS) is 25.1. The van der Waals surface area contributed by atoms with Gasteiger partial charge in [-0.3, -0.25) is 0 Å². The van der Waals surface area contributed by atoms with E-state index in [-0.39, 0.29) is 18.8 Å². The van der Waals surface area contributed by atoms with Crippen LogP contribution in [0.15, 0.2) is 24.3 Å². The Morgan fingerprint density at radius 2 is 2.00 bits per heavy atom. The molecule has 1 aliphatic carbocycles. The van der Waals surface area contributed by atoms with Crippen LogP contribution in [0.5, 0.6) is 0 Å². The third-order valence-electron chi connectivity index (χ3n) is 2.84. The number of halogens is 2. The molecular formula is C11H13F2N. The van der Waals surface area contributed by atoms with Gasteiger partial charge in [-0.1, -0.05) is 18.2 Å². The fourth-order valence-corrected chi connectivity index (χ4v) is 2.10. The fraction of sp³-hybridized carbons (Fsp3) is 0.455. The van der Waals surface area contributed by atoms with Gasteiger partial charge in [0.05, 0.1) is 0 Å². The molecule has 1 atom stereocenters. The van der Waals surface area contributed by atoms with Crippen molar-refractivity contribution in [1.29, 1.82) is 0 Å². The molecule has 1 nitrogen and oxygen atoms in total. The second-order valence-electron chi connectivity index (χ2n) is 3.92. The van der Waals surface area contributed by atoms with Gasteiger partial charge in [-0.2, -0.15) is 0 Å². The summed E-state index contributed by atoms with van der Waals surface area (Å²) in [6, 6.07) is 7.29. The predicted molar refractivity (Wildman–Crippen MR) is 52.4 cm³/mol. The minimum Gasteiger partial charge on any atom is -0.398 e. The van der Waals surface area contributed by atoms with Crippen LogP contribution >= 0.6 is 0 Å². The maximum atomic E-state index is 13.0. The molecule has 2 N–H and O–H groups in total. The first-order valence-electron chi connectivity index (χ1n) is 4.81. The van der Waals surface area contributed by atoms with Crippen molar-refractivity contribution in [2.24, 2.45) is 0 Å². The molecule has 3 heteroatoms. The van der Waals surface area contributed by atoms with Crippen LogP contribution in [-0.2, 0) is 0 Å². The Hall–Kier alpha value is -1.12. The molecule has 76 valence electrons. The van der Waals surface area contributed by atoms with Crippen molar-refractivity contribution in [3.63, 3.8) is 0 Å². The Morgan fingerprint density at radius 1 is 1.29 bits per heavy atom. The summed E-state index contributed by atoms with van der Waals surface area (Å²) in [7, 11) is 0. The zero-order valence-corrected chi connectivity index (χ0v) is 7.84. The SMILES string of the molecule is Nc1ccccc1C1CCC(F)(F)C1. The first-order valence-corrected chi connectivity index (χ1v) is 4.81. The van der Waals surface area contributed by atoms with Gasteiger partial charge in [-0.15, -0.1) is 0 Å². The zero-order chi connectivity index (χ0) is 10.2. The molecule has 14 heavy (non-hydrogen) atoms. The topological polar surface area (TPSA) is 26.0 Å². The monoisotopic (exact) mass is 197 g/mol. The van der Waals surface area contributed by atoms with Crippen molar-refractivity contribution in [3.05, 3.63) is 29.8 Å². The summed E-state index contributed by atoms with van der Waals surface area (Å²) in [6.45, 7) is 0. The summed E-state index contributed by atoms with van der Waals surface area (Å²) in [4.78, 5) is 0. The van der Waals surface area contributed by atoms with Crippen LogP contribution in [0.25, 0.3) is 0 Å². The first kappa shape index (κ1) is 9.44. The number of benzene rings is 1. The highest BCUT2D eigenvalue weighted by Crippen LogP contribution is 2.45. The lowest BCUT2D eigenvalue weighted by Gasteiger charge is -2.12. The van der Waals surface area contributed by atoms with E-state index in [0.717, 1.165) is 5.56 Å². The van der Waals surface area contributed by atoms with E-state index >= 15 is 0 Å². The van der Waals surface area contributed by atoms with Crippen molar-refractivity contribution in [2.75, 3.05) is 5.73 Å². The molecule has 1 unspecified atom stereocenters. The van der Waals surface area contributed by atoms with Gasteiger partial charge in [-0.05, 0) is 24.0 Å². The molecule has 0 bridgehead atoms. The van der Waals surface area contributed by atoms with Gasteiger partial charge in [0.25, 0.3) is 0 Å². The van der Waals surface area contributed by atoms with Crippen LogP contribution in [0.1, 0.15) is 30.7 Å². The molecule has 0 heterocycles. The Labute approximate surface area is 81.9 Å². The first-order chi connectivity index (χ1) is 6.58. The molecule has 2 rings (SSSR count). The number of hydrogen-bond donors (Lipinski definition) is 1. The molecule has 0 aliphatic heterocycles. The Kier molecular flexibility index (Phi) is 2.17. The minimum atomic E-state index is -2.49. The molecule has 1 aromatic rings. The van der Waals surface area contributed by atoms with E-state index in [1.54, 1.807) is 6.07 Å². The average molecular weight is 197 g/mol. The van der Waals surface area contributed by atoms with E-state index in [0.29, 0.717) is 12.1 Å². The summed E-state index contributed by atoms with van der Waals surface area (Å²) in [5.41, 5.74) is 7.26. The van der Waals surface area contributed by atoms with Crippen molar-refractivity contribution >= 4 is 5.69 Å². The number of alkyl halides is 2. The maximum absolute atomic E-state index is 13.0. The quantitative estimate of drug-likeness (QED) is 0.687. The molecule has 1 aliphatic rings. The maximum Gasteiger partial charge on any atom is 0.248 e. The summed E-state index contributed by atoms with van der Waals surface area (Å²) in [5.74, 6) is -2.56. The van der Waals surface area contributed by atoms with Gasteiger partial charge < -0.3 is 5.73 Å². The van der Waals surface area contributed by atoms with E-state index in [1.165, 1.54) is 0 Å². The lowest BCUT2D eigenvalue weighted by Crippen LogP contribution is -2.09. The van der Waals surface area contributed by atoms with Crippen LogP contribution in [0.2, 0.25) is 0 Å². The van der Waals surface area contributed by atoms with Crippen LogP contribution in [-0.4, -0.2) is 5.92 Å². The third-order valence-corrected chi connectivity index (χ3v) is 2.84. The average Bonchev–Trinajstić information content (AvgIpc) is 2.47. The lowest BCUT2D eigenvalue weighted by atomic mass is 9.96. The van der Waals surface area contributed by atoms with Gasteiger partial charge in [0, 0.05) is 18.5 Å². The van der Waals surface area contributed by atoms with E-state index in [4.69, 9.17) is 5.73 Å². The van der Waals surface area contributed by atoms with Gasteiger partial charge >= 0.3 is 0 Å². The molecule has 1 saturated carbocycles. The standard InChI is InChI=1S/C11H13F2N/c12-11(13)6-5-8(7-11)9-3-1-2-4-10(9)14/h1-4,8H,5-7,14H2. The fourth-order valence-electron chi connectivity index (χ4n) is 2.10. The highest BCUT2D eigenvalue weighted by Gasteiger charge is 2.40. The number of nitrogens with two attached hydrogens (primary N) is 1. The molecule has 0 radical (unpaired) electrons. The number of rotatable bonds is 1. The number of anilines is 1. The third kappa shape index (κ3) is 1.72. The molecule has 1 fully saturated rings. The highest BCUT2D eigenvalue weighted by molar-refractivity contribution is 5.48. The molecular weight excluding hydrogens is 184 g/mol. The van der Waals surface area contributed by atoms with Gasteiger partial charge in [0.1, 0.15) is 0 Å². The van der Waals surface area contributed by atoms with Crippen molar-refractivity contribution < 1.29 is 8.78 Å². The smallest absolute Gasteiger partial charge is 0.248 e. The van der Waals surface area contributed by atoms with Gasteiger partial charge in [-0.25, -0.2) is 8.78 Å². The summed E-state index contributed by atoms with van der Waals surface area (Å²) >= 11 is 0. The predicted octanol–water partition coefficient (Wildman–Crippen LogP) is 3.17. The van der Waals surface area contributed by atoms with Crippen molar-refractivity contribution in [3.8, 4) is 0 Å². The van der Waals surface area contributed by atoms with E-state index < -0.39 is 5.92 Å². The summed E-state index contributed by atoms with van der Waals surface area (Å²) in [6.07, 6.45) is 0.481. The van der Waals surface area contributed by atoms with E-state index in [1.807, 2.05) is 18.2 Å². The highest BCUT2D eigenvalue weighted by atomic mass is 19.3. The number of para-hydroxylation sites is 1. The summed E-state index contributed by atoms with van der Waals surface area (Å²) < 4.78 is 25.9. The Bertz CT molecular complexity index is 336. The molecule has 1 aromatic carbocycles. The van der Waals surface area contributed by atoms with Crippen LogP contribution in [0.3, 0.4) is 0 Å².